The Morgan fingerprint density at radius 2 is 1.54 bits per heavy atom. The zero-order valence-electron chi connectivity index (χ0n) is 13.8. The number of para-hydroxylation sites is 1. The molecule has 1 aliphatic rings. The number of benzene rings is 3. The molecule has 0 bridgehead atoms. The first-order valence-electron chi connectivity index (χ1n) is 8.23. The molecule has 0 saturated carbocycles. The third-order valence-corrected chi connectivity index (χ3v) is 4.58. The van der Waals surface area contributed by atoms with Crippen molar-refractivity contribution in [1.29, 1.82) is 0 Å². The van der Waals surface area contributed by atoms with E-state index in [0.717, 1.165) is 21.3 Å². The highest BCUT2D eigenvalue weighted by Gasteiger charge is 2.31. The molecule has 1 heterocycles. The average Bonchev–Trinajstić information content (AvgIpc) is 3.00. The third-order valence-electron chi connectivity index (χ3n) is 4.09. The van der Waals surface area contributed by atoms with Crippen LogP contribution < -0.4 is 5.01 Å². The van der Waals surface area contributed by atoms with Crippen LogP contribution in [0.4, 0.5) is 5.69 Å². The number of rotatable bonds is 3. The number of hydrogen-bond acceptors (Lipinski definition) is 2. The molecule has 4 rings (SSSR count). The van der Waals surface area contributed by atoms with Gasteiger partial charge in [0.2, 0.25) is 0 Å². The molecule has 26 heavy (non-hydrogen) atoms. The zero-order valence-corrected chi connectivity index (χ0v) is 15.4. The molecule has 1 amide bonds. The van der Waals surface area contributed by atoms with E-state index in [2.05, 4.69) is 21.0 Å². The van der Waals surface area contributed by atoms with Gasteiger partial charge in [0.1, 0.15) is 5.71 Å². The molecule has 0 N–H and O–H groups in total. The minimum atomic E-state index is -0.130. The Hall–Kier alpha value is -2.98. The van der Waals surface area contributed by atoms with E-state index in [0.29, 0.717) is 11.3 Å². The smallest absolute Gasteiger partial charge is 0.267 e. The van der Waals surface area contributed by atoms with Crippen molar-refractivity contribution in [2.75, 3.05) is 5.01 Å². The molecular weight excluding hydrogens is 388 g/mol. The number of halogens is 1. The molecule has 3 nitrogen and oxygen atoms in total. The van der Waals surface area contributed by atoms with Crippen LogP contribution in [0.25, 0.3) is 6.08 Å². The SMILES string of the molecule is O=C1C(=Cc2cccc(Br)c2)C(c2ccccc2)=NN1c1ccccc1. The van der Waals surface area contributed by atoms with Gasteiger partial charge in [-0.05, 0) is 35.9 Å². The number of carbonyl (C=O) groups excluding carboxylic acids is 1. The molecule has 0 aromatic heterocycles. The third kappa shape index (κ3) is 3.24. The number of nitrogens with zero attached hydrogens (tertiary/aromatic N) is 2. The zero-order chi connectivity index (χ0) is 17.9. The number of hydrogen-bond donors (Lipinski definition) is 0. The molecule has 3 aromatic carbocycles. The van der Waals surface area contributed by atoms with Gasteiger partial charge < -0.3 is 0 Å². The Balaban J connectivity index is 1.83. The standard InChI is InChI=1S/C22H15BrN2O/c23-18-11-7-8-16(14-18)15-20-21(17-9-3-1-4-10-17)24-25(22(20)26)19-12-5-2-6-13-19/h1-15H. The predicted octanol–water partition coefficient (Wildman–Crippen LogP) is 5.28. The fourth-order valence-electron chi connectivity index (χ4n) is 2.86. The van der Waals surface area contributed by atoms with Crippen molar-refractivity contribution in [3.63, 3.8) is 0 Å². The van der Waals surface area contributed by atoms with E-state index in [9.17, 15) is 4.79 Å². The summed E-state index contributed by atoms with van der Waals surface area (Å²) in [6.07, 6.45) is 1.89. The minimum absolute atomic E-state index is 0.130. The maximum absolute atomic E-state index is 13.1. The van der Waals surface area contributed by atoms with Crippen molar-refractivity contribution in [1.82, 2.24) is 0 Å². The second kappa shape index (κ2) is 7.10. The van der Waals surface area contributed by atoms with Crippen LogP contribution >= 0.6 is 15.9 Å². The van der Waals surface area contributed by atoms with E-state index in [-0.39, 0.29) is 5.91 Å². The fourth-order valence-corrected chi connectivity index (χ4v) is 3.28. The predicted molar refractivity (Wildman–Crippen MR) is 109 cm³/mol. The highest BCUT2D eigenvalue weighted by molar-refractivity contribution is 9.10. The Labute approximate surface area is 160 Å². The molecule has 126 valence electrons. The van der Waals surface area contributed by atoms with Crippen molar-refractivity contribution >= 4 is 39.3 Å². The van der Waals surface area contributed by atoms with Gasteiger partial charge in [0.25, 0.3) is 5.91 Å². The lowest BCUT2D eigenvalue weighted by Gasteiger charge is -2.10. The first-order chi connectivity index (χ1) is 12.7. The highest BCUT2D eigenvalue weighted by Crippen LogP contribution is 2.28. The lowest BCUT2D eigenvalue weighted by molar-refractivity contribution is -0.114. The molecule has 3 aromatic rings. The molecule has 0 radical (unpaired) electrons. The second-order valence-corrected chi connectivity index (χ2v) is 6.80. The minimum Gasteiger partial charge on any atom is -0.267 e. The first-order valence-corrected chi connectivity index (χ1v) is 9.03. The lowest BCUT2D eigenvalue weighted by Crippen LogP contribution is -2.21. The fraction of sp³-hybridized carbons (Fsp3) is 0. The van der Waals surface area contributed by atoms with Gasteiger partial charge in [-0.3, -0.25) is 4.79 Å². The summed E-state index contributed by atoms with van der Waals surface area (Å²) in [6, 6.07) is 27.1. The molecule has 0 aliphatic carbocycles. The lowest BCUT2D eigenvalue weighted by atomic mass is 10.0. The van der Waals surface area contributed by atoms with Crippen LogP contribution in [0.3, 0.4) is 0 Å². The molecule has 1 aliphatic heterocycles. The summed E-state index contributed by atoms with van der Waals surface area (Å²) in [5.41, 5.74) is 3.88. The van der Waals surface area contributed by atoms with Crippen molar-refractivity contribution in [3.8, 4) is 0 Å². The molecule has 0 fully saturated rings. The van der Waals surface area contributed by atoms with Gasteiger partial charge in [-0.25, -0.2) is 0 Å². The topological polar surface area (TPSA) is 32.7 Å². The number of hydrazone groups is 1. The Morgan fingerprint density at radius 3 is 2.23 bits per heavy atom. The van der Waals surface area contributed by atoms with Crippen LogP contribution in [0, 0.1) is 0 Å². The Bertz CT molecular complexity index is 1010. The van der Waals surface area contributed by atoms with Crippen molar-refractivity contribution in [3.05, 3.63) is 106 Å². The number of carbonyl (C=O) groups is 1. The van der Waals surface area contributed by atoms with Crippen molar-refractivity contribution in [2.45, 2.75) is 0 Å². The van der Waals surface area contributed by atoms with Crippen LogP contribution in [0.2, 0.25) is 0 Å². The largest absolute Gasteiger partial charge is 0.281 e. The van der Waals surface area contributed by atoms with Crippen LogP contribution in [-0.4, -0.2) is 11.6 Å². The van der Waals surface area contributed by atoms with Gasteiger partial charge in [0.05, 0.1) is 11.3 Å². The van der Waals surface area contributed by atoms with E-state index < -0.39 is 0 Å². The second-order valence-electron chi connectivity index (χ2n) is 5.88. The van der Waals surface area contributed by atoms with Crippen LogP contribution in [0.5, 0.6) is 0 Å². The Kier molecular flexibility index (Phi) is 4.50. The van der Waals surface area contributed by atoms with Crippen LogP contribution in [0.15, 0.2) is 100 Å². The summed E-state index contributed by atoms with van der Waals surface area (Å²) in [5, 5.41) is 6.09. The molecular formula is C22H15BrN2O. The van der Waals surface area contributed by atoms with Crippen LogP contribution in [-0.2, 0) is 4.79 Å². The number of anilines is 1. The van der Waals surface area contributed by atoms with Crippen molar-refractivity contribution < 1.29 is 4.79 Å². The van der Waals surface area contributed by atoms with Gasteiger partial charge in [0.15, 0.2) is 0 Å². The van der Waals surface area contributed by atoms with E-state index in [1.54, 1.807) is 0 Å². The summed E-state index contributed by atoms with van der Waals surface area (Å²) in [4.78, 5) is 13.1. The first kappa shape index (κ1) is 16.5. The summed E-state index contributed by atoms with van der Waals surface area (Å²) in [7, 11) is 0. The molecule has 0 saturated heterocycles. The van der Waals surface area contributed by atoms with Gasteiger partial charge in [-0.2, -0.15) is 10.1 Å². The quantitative estimate of drug-likeness (QED) is 0.548. The van der Waals surface area contributed by atoms with Crippen molar-refractivity contribution in [2.24, 2.45) is 5.10 Å². The van der Waals surface area contributed by atoms with E-state index in [4.69, 9.17) is 0 Å². The van der Waals surface area contributed by atoms with Gasteiger partial charge >= 0.3 is 0 Å². The normalized spacial score (nSPS) is 15.4. The monoisotopic (exact) mass is 402 g/mol. The van der Waals surface area contributed by atoms with E-state index in [1.807, 2.05) is 91.0 Å². The number of amides is 1. The molecule has 0 atom stereocenters. The van der Waals surface area contributed by atoms with Crippen LogP contribution in [0.1, 0.15) is 11.1 Å². The van der Waals surface area contributed by atoms with E-state index in [1.165, 1.54) is 5.01 Å². The van der Waals surface area contributed by atoms with Gasteiger partial charge in [-0.1, -0.05) is 76.6 Å². The summed E-state index contributed by atoms with van der Waals surface area (Å²) < 4.78 is 0.968. The summed E-state index contributed by atoms with van der Waals surface area (Å²) in [5.74, 6) is -0.130. The van der Waals surface area contributed by atoms with E-state index >= 15 is 0 Å². The maximum Gasteiger partial charge on any atom is 0.281 e. The summed E-state index contributed by atoms with van der Waals surface area (Å²) >= 11 is 3.48. The molecule has 0 spiro atoms. The maximum atomic E-state index is 13.1. The van der Waals surface area contributed by atoms with Gasteiger partial charge in [0, 0.05) is 10.0 Å². The molecule has 0 unspecified atom stereocenters. The molecule has 4 heteroatoms. The summed E-state index contributed by atoms with van der Waals surface area (Å²) in [6.45, 7) is 0. The van der Waals surface area contributed by atoms with Gasteiger partial charge in [-0.15, -0.1) is 0 Å². The Morgan fingerprint density at radius 1 is 0.846 bits per heavy atom. The average molecular weight is 403 g/mol. The highest BCUT2D eigenvalue weighted by atomic mass is 79.9.